The van der Waals surface area contributed by atoms with Crippen LogP contribution in [0.1, 0.15) is 48.6 Å². The molecule has 1 aromatic heterocycles. The van der Waals surface area contributed by atoms with Gasteiger partial charge in [-0.1, -0.05) is 71.0 Å². The zero-order chi connectivity index (χ0) is 28.2. The second kappa shape index (κ2) is 12.3. The maximum absolute atomic E-state index is 13.9. The largest absolute Gasteiger partial charge is 0.489 e. The van der Waals surface area contributed by atoms with Gasteiger partial charge in [-0.2, -0.15) is 4.98 Å². The Balaban J connectivity index is 1.46. The molecule has 0 bridgehead atoms. The number of hydrogen-bond acceptors (Lipinski definition) is 6. The summed E-state index contributed by atoms with van der Waals surface area (Å²) < 4.78 is 8.88. The van der Waals surface area contributed by atoms with Crippen molar-refractivity contribution in [2.75, 3.05) is 16.4 Å². The number of thioether (sulfide) groups is 1. The number of anilines is 2. The molecular formula is C31H32BrN5O2S. The number of hydrogen-bond donors (Lipinski definition) is 2. The van der Waals surface area contributed by atoms with Crippen LogP contribution in [0.4, 0.5) is 11.6 Å². The van der Waals surface area contributed by atoms with Gasteiger partial charge in [0, 0.05) is 21.6 Å². The molecular weight excluding hydrogens is 586 g/mol. The number of nitrogens with zero attached hydrogens (tertiary/aromatic N) is 3. The zero-order valence-electron chi connectivity index (χ0n) is 23.0. The molecule has 5 rings (SSSR count). The van der Waals surface area contributed by atoms with Gasteiger partial charge in [0.2, 0.25) is 11.1 Å². The summed E-state index contributed by atoms with van der Waals surface area (Å²) in [6.45, 7) is 8.56. The molecule has 2 N–H and O–H groups in total. The SMILES string of the molecule is CCCSc1nc2n(n1)C(c1ccc(OCc3cccc(Br)c3)cc1)C(C(=O)Nc1cccc(C)c1C)=C(C)N2. The fourth-order valence-electron chi connectivity index (χ4n) is 4.60. The van der Waals surface area contributed by atoms with Gasteiger partial charge in [-0.25, -0.2) is 4.68 Å². The third kappa shape index (κ3) is 6.10. The van der Waals surface area contributed by atoms with Crippen molar-refractivity contribution in [2.45, 2.75) is 51.9 Å². The van der Waals surface area contributed by atoms with Gasteiger partial charge in [-0.3, -0.25) is 4.79 Å². The van der Waals surface area contributed by atoms with Crippen molar-refractivity contribution in [3.05, 3.63) is 105 Å². The number of allylic oxidation sites excluding steroid dienone is 1. The van der Waals surface area contributed by atoms with Crippen molar-refractivity contribution >= 4 is 45.2 Å². The van der Waals surface area contributed by atoms with E-state index in [9.17, 15) is 4.79 Å². The minimum atomic E-state index is -0.455. The molecule has 7 nitrogen and oxygen atoms in total. The zero-order valence-corrected chi connectivity index (χ0v) is 25.4. The van der Waals surface area contributed by atoms with Gasteiger partial charge >= 0.3 is 0 Å². The van der Waals surface area contributed by atoms with Crippen molar-refractivity contribution in [1.29, 1.82) is 0 Å². The molecule has 3 aromatic carbocycles. The van der Waals surface area contributed by atoms with Crippen LogP contribution in [0.15, 0.2) is 87.6 Å². The van der Waals surface area contributed by atoms with Crippen molar-refractivity contribution in [1.82, 2.24) is 14.8 Å². The van der Waals surface area contributed by atoms with E-state index in [0.717, 1.165) is 56.0 Å². The van der Waals surface area contributed by atoms with Gasteiger partial charge < -0.3 is 15.4 Å². The van der Waals surface area contributed by atoms with E-state index in [1.54, 1.807) is 11.8 Å². The predicted octanol–water partition coefficient (Wildman–Crippen LogP) is 7.67. The van der Waals surface area contributed by atoms with Gasteiger partial charge in [0.25, 0.3) is 5.91 Å². The van der Waals surface area contributed by atoms with E-state index in [4.69, 9.17) is 14.8 Å². The number of amides is 1. The fraction of sp³-hybridized carbons (Fsp3) is 0.258. The van der Waals surface area contributed by atoms with Crippen molar-refractivity contribution in [2.24, 2.45) is 0 Å². The maximum Gasteiger partial charge on any atom is 0.255 e. The Hall–Kier alpha value is -3.56. The molecule has 4 aromatic rings. The molecule has 0 aliphatic carbocycles. The molecule has 0 spiro atoms. The van der Waals surface area contributed by atoms with Crippen LogP contribution in [0, 0.1) is 13.8 Å². The number of aryl methyl sites for hydroxylation is 1. The number of aromatic nitrogens is 3. The lowest BCUT2D eigenvalue weighted by Crippen LogP contribution is -2.31. The van der Waals surface area contributed by atoms with Gasteiger partial charge in [-0.15, -0.1) is 5.10 Å². The molecule has 40 heavy (non-hydrogen) atoms. The number of halogens is 1. The normalized spacial score (nSPS) is 14.5. The molecule has 1 unspecified atom stereocenters. The van der Waals surface area contributed by atoms with Crippen LogP contribution in [-0.2, 0) is 11.4 Å². The topological polar surface area (TPSA) is 81.1 Å². The molecule has 0 radical (unpaired) electrons. The Labute approximate surface area is 247 Å². The van der Waals surface area contributed by atoms with E-state index in [1.807, 2.05) is 92.2 Å². The Bertz CT molecular complexity index is 1560. The maximum atomic E-state index is 13.9. The van der Waals surface area contributed by atoms with E-state index in [2.05, 4.69) is 33.5 Å². The summed E-state index contributed by atoms with van der Waals surface area (Å²) in [6, 6.07) is 21.4. The first-order chi connectivity index (χ1) is 19.3. The highest BCUT2D eigenvalue weighted by atomic mass is 79.9. The fourth-order valence-corrected chi connectivity index (χ4v) is 5.73. The van der Waals surface area contributed by atoms with Crippen LogP contribution in [0.5, 0.6) is 5.75 Å². The van der Waals surface area contributed by atoms with Crippen LogP contribution in [0.3, 0.4) is 0 Å². The average molecular weight is 619 g/mol. The molecule has 9 heteroatoms. The van der Waals surface area contributed by atoms with Crippen LogP contribution in [0.25, 0.3) is 0 Å². The number of carbonyl (C=O) groups excluding carboxylic acids is 1. The molecule has 206 valence electrons. The first-order valence-electron chi connectivity index (χ1n) is 13.3. The Morgan fingerprint density at radius 2 is 1.88 bits per heavy atom. The molecule has 0 fully saturated rings. The van der Waals surface area contributed by atoms with E-state index in [1.165, 1.54) is 0 Å². The number of rotatable bonds is 9. The van der Waals surface area contributed by atoms with E-state index < -0.39 is 6.04 Å². The first-order valence-corrected chi connectivity index (χ1v) is 15.0. The summed E-state index contributed by atoms with van der Waals surface area (Å²) >= 11 is 5.12. The van der Waals surface area contributed by atoms with Gasteiger partial charge in [0.15, 0.2) is 0 Å². The third-order valence-electron chi connectivity index (χ3n) is 6.86. The minimum Gasteiger partial charge on any atom is -0.489 e. The highest BCUT2D eigenvalue weighted by molar-refractivity contribution is 9.10. The molecule has 1 aliphatic heterocycles. The molecule has 1 aliphatic rings. The summed E-state index contributed by atoms with van der Waals surface area (Å²) in [4.78, 5) is 18.6. The van der Waals surface area contributed by atoms with E-state index in [-0.39, 0.29) is 5.91 Å². The molecule has 0 saturated carbocycles. The smallest absolute Gasteiger partial charge is 0.255 e. The molecule has 1 amide bonds. The van der Waals surface area contributed by atoms with E-state index in [0.29, 0.717) is 23.3 Å². The average Bonchev–Trinajstić information content (AvgIpc) is 3.35. The molecule has 1 atom stereocenters. The van der Waals surface area contributed by atoms with Crippen molar-refractivity contribution in [3.63, 3.8) is 0 Å². The Morgan fingerprint density at radius 1 is 1.10 bits per heavy atom. The van der Waals surface area contributed by atoms with Gasteiger partial charge in [-0.05, 0) is 79.8 Å². The number of carbonyl (C=O) groups is 1. The highest BCUT2D eigenvalue weighted by Gasteiger charge is 2.34. The predicted molar refractivity (Wildman–Crippen MR) is 165 cm³/mol. The minimum absolute atomic E-state index is 0.178. The lowest BCUT2D eigenvalue weighted by atomic mass is 9.94. The summed E-state index contributed by atoms with van der Waals surface area (Å²) in [5.41, 5.74) is 6.29. The van der Waals surface area contributed by atoms with Gasteiger partial charge in [0.05, 0.1) is 5.57 Å². The molecule has 0 saturated heterocycles. The van der Waals surface area contributed by atoms with Crippen LogP contribution < -0.4 is 15.4 Å². The lowest BCUT2D eigenvalue weighted by Gasteiger charge is -2.29. The quantitative estimate of drug-likeness (QED) is 0.188. The summed E-state index contributed by atoms with van der Waals surface area (Å²) in [7, 11) is 0. The molecule has 2 heterocycles. The second-order valence-electron chi connectivity index (χ2n) is 9.77. The van der Waals surface area contributed by atoms with Crippen LogP contribution in [-0.4, -0.2) is 26.4 Å². The standard InChI is InChI=1S/C31H32BrN5O2S/c1-5-16-40-31-35-30-33-21(4)27(29(38)34-26-11-6-8-19(2)20(26)3)28(37(30)36-31)23-12-14-25(15-13-23)39-18-22-9-7-10-24(32)17-22/h6-15,17,28H,5,16,18H2,1-4H3,(H,34,38)(H,33,35,36). The number of benzene rings is 3. The summed E-state index contributed by atoms with van der Waals surface area (Å²) in [5.74, 6) is 2.12. The summed E-state index contributed by atoms with van der Waals surface area (Å²) in [5, 5.41) is 12.0. The Kier molecular flexibility index (Phi) is 8.61. The Morgan fingerprint density at radius 3 is 2.62 bits per heavy atom. The van der Waals surface area contributed by atoms with Crippen LogP contribution in [0.2, 0.25) is 0 Å². The highest BCUT2D eigenvalue weighted by Crippen LogP contribution is 2.37. The summed E-state index contributed by atoms with van der Waals surface area (Å²) in [6.07, 6.45) is 1.02. The second-order valence-corrected chi connectivity index (χ2v) is 11.7. The number of fused-ring (bicyclic) bond motifs is 1. The van der Waals surface area contributed by atoms with Gasteiger partial charge in [0.1, 0.15) is 18.4 Å². The number of nitrogens with one attached hydrogen (secondary N) is 2. The third-order valence-corrected chi connectivity index (χ3v) is 8.39. The van der Waals surface area contributed by atoms with Crippen molar-refractivity contribution < 1.29 is 9.53 Å². The lowest BCUT2D eigenvalue weighted by molar-refractivity contribution is -0.113. The van der Waals surface area contributed by atoms with Crippen molar-refractivity contribution in [3.8, 4) is 5.75 Å². The van der Waals surface area contributed by atoms with E-state index >= 15 is 0 Å². The monoisotopic (exact) mass is 617 g/mol. The number of ether oxygens (including phenoxy) is 1. The first kappa shape index (κ1) is 28.0. The van der Waals surface area contributed by atoms with Crippen LogP contribution >= 0.6 is 27.7 Å².